The second-order valence-electron chi connectivity index (χ2n) is 7.15. The molecule has 0 spiro atoms. The number of ketones is 1. The van der Waals surface area contributed by atoms with Gasteiger partial charge in [-0.05, 0) is 11.8 Å². The molecule has 5 atom stereocenters. The van der Waals surface area contributed by atoms with Crippen LogP contribution in [-0.2, 0) is 19.1 Å². The van der Waals surface area contributed by atoms with E-state index in [0.29, 0.717) is 12.0 Å². The number of methoxy groups -OCH3 is 1. The molecule has 0 aromatic heterocycles. The number of aliphatic hydroxyl groups excluding tert-OH is 1. The molecular weight excluding hydrogens is 272 g/mol. The largest absolute Gasteiger partial charge is 0.432 e. The summed E-state index contributed by atoms with van der Waals surface area (Å²) in [6.07, 6.45) is -0.440. The highest BCUT2D eigenvalue weighted by molar-refractivity contribution is 5.95. The van der Waals surface area contributed by atoms with Crippen molar-refractivity contribution in [2.75, 3.05) is 7.11 Å². The summed E-state index contributed by atoms with van der Waals surface area (Å²) in [5, 5.41) is 10.6. The lowest BCUT2D eigenvalue weighted by Gasteiger charge is -2.28. The van der Waals surface area contributed by atoms with Crippen LogP contribution in [0.1, 0.15) is 33.6 Å². The van der Waals surface area contributed by atoms with Crippen LogP contribution in [0, 0.1) is 23.2 Å². The lowest BCUT2D eigenvalue weighted by Crippen LogP contribution is -2.34. The number of carbonyl (C=O) groups excluding carboxylic acids is 2. The molecule has 0 aromatic rings. The average molecular weight is 294 g/mol. The van der Waals surface area contributed by atoms with Gasteiger partial charge >= 0.3 is 5.97 Å². The minimum Gasteiger partial charge on any atom is -0.432 e. The van der Waals surface area contributed by atoms with Crippen molar-refractivity contribution < 1.29 is 24.2 Å². The molecule has 0 amide bonds. The number of fused-ring (bicyclic) bond motifs is 2. The minimum absolute atomic E-state index is 0.0644. The number of rotatable bonds is 1. The van der Waals surface area contributed by atoms with Crippen molar-refractivity contribution in [3.63, 3.8) is 0 Å². The van der Waals surface area contributed by atoms with E-state index >= 15 is 0 Å². The lowest BCUT2D eigenvalue weighted by molar-refractivity contribution is -0.162. The second kappa shape index (κ2) is 4.65. The van der Waals surface area contributed by atoms with Gasteiger partial charge in [0.15, 0.2) is 0 Å². The molecule has 116 valence electrons. The smallest absolute Gasteiger partial charge is 0.336 e. The van der Waals surface area contributed by atoms with Gasteiger partial charge in [0.2, 0.25) is 6.29 Å². The van der Waals surface area contributed by atoms with Gasteiger partial charge in [0.25, 0.3) is 0 Å². The fourth-order valence-corrected chi connectivity index (χ4v) is 4.16. The van der Waals surface area contributed by atoms with E-state index in [2.05, 4.69) is 0 Å². The molecule has 0 unspecified atom stereocenters. The molecule has 5 nitrogen and oxygen atoms in total. The van der Waals surface area contributed by atoms with Crippen molar-refractivity contribution in [1.29, 1.82) is 0 Å². The molecule has 3 rings (SSSR count). The van der Waals surface area contributed by atoms with Gasteiger partial charge in [-0.25, -0.2) is 4.79 Å². The molecule has 0 aromatic carbocycles. The van der Waals surface area contributed by atoms with E-state index in [-0.39, 0.29) is 35.4 Å². The first-order valence-corrected chi connectivity index (χ1v) is 7.45. The van der Waals surface area contributed by atoms with Crippen LogP contribution < -0.4 is 0 Å². The summed E-state index contributed by atoms with van der Waals surface area (Å²) in [5.41, 5.74) is 1.14. The maximum absolute atomic E-state index is 12.5. The van der Waals surface area contributed by atoms with Crippen LogP contribution in [0.4, 0.5) is 0 Å². The number of aliphatic hydroxyl groups is 1. The number of hydrogen-bond donors (Lipinski definition) is 1. The van der Waals surface area contributed by atoms with Crippen LogP contribution >= 0.6 is 0 Å². The molecule has 1 saturated carbocycles. The van der Waals surface area contributed by atoms with Crippen LogP contribution in [0.3, 0.4) is 0 Å². The molecule has 2 fully saturated rings. The Kier molecular flexibility index (Phi) is 3.26. The Bertz CT molecular complexity index is 533. The number of hydrogen-bond acceptors (Lipinski definition) is 5. The van der Waals surface area contributed by atoms with Crippen LogP contribution in [0.2, 0.25) is 0 Å². The molecule has 0 bridgehead atoms. The van der Waals surface area contributed by atoms with Crippen LogP contribution in [0.25, 0.3) is 0 Å². The van der Waals surface area contributed by atoms with Crippen molar-refractivity contribution in [2.24, 2.45) is 23.2 Å². The molecule has 1 N–H and O–H groups in total. The summed E-state index contributed by atoms with van der Waals surface area (Å²) in [5.74, 6) is -1.22. The topological polar surface area (TPSA) is 72.8 Å². The summed E-state index contributed by atoms with van der Waals surface area (Å²) in [4.78, 5) is 24.7. The normalized spacial score (nSPS) is 41.7. The van der Waals surface area contributed by atoms with E-state index in [9.17, 15) is 14.7 Å². The molecule has 5 heteroatoms. The first kappa shape index (κ1) is 14.7. The Morgan fingerprint density at radius 3 is 2.62 bits per heavy atom. The zero-order valence-electron chi connectivity index (χ0n) is 12.9. The number of cyclic esters (lactones) is 1. The summed E-state index contributed by atoms with van der Waals surface area (Å²) in [6, 6.07) is 0. The number of Topliss-reactive ketones (excluding diaryl/α,β-unsaturated/α-hetero) is 1. The summed E-state index contributed by atoms with van der Waals surface area (Å²) in [7, 11) is 1.48. The van der Waals surface area contributed by atoms with E-state index in [4.69, 9.17) is 9.47 Å². The minimum atomic E-state index is -0.684. The Hall–Kier alpha value is -1.20. The van der Waals surface area contributed by atoms with Crippen molar-refractivity contribution >= 4 is 11.8 Å². The molecule has 1 heterocycles. The molecule has 21 heavy (non-hydrogen) atoms. The predicted octanol–water partition coefficient (Wildman–Crippen LogP) is 1.44. The lowest BCUT2D eigenvalue weighted by atomic mass is 9.81. The monoisotopic (exact) mass is 294 g/mol. The van der Waals surface area contributed by atoms with Gasteiger partial charge in [0, 0.05) is 30.9 Å². The molecule has 2 aliphatic carbocycles. The fourth-order valence-electron chi connectivity index (χ4n) is 4.16. The standard InChI is InChI=1S/C16H22O5/c1-7-10(17)5-8-12(14(19)21-15(8)20-4)9-6-16(2,3)13(18)11(7)9/h7-8,11,13,15,18H,5-6H2,1-4H3/t7-,8-,11-,13+,15+/m0/s1. The van der Waals surface area contributed by atoms with Gasteiger partial charge in [-0.3, -0.25) is 4.79 Å². The number of ether oxygens (including phenoxy) is 2. The SMILES string of the molecule is CO[C@@H]1OC(=O)C2=C3CC(C)(C)[C@H](O)[C@H]3[C@@H](C)C(=O)C[C@@H]21. The maximum atomic E-state index is 12.5. The predicted molar refractivity (Wildman–Crippen MR) is 74.1 cm³/mol. The van der Waals surface area contributed by atoms with Gasteiger partial charge in [-0.2, -0.15) is 0 Å². The van der Waals surface area contributed by atoms with Gasteiger partial charge in [-0.1, -0.05) is 26.3 Å². The van der Waals surface area contributed by atoms with E-state index < -0.39 is 18.4 Å². The van der Waals surface area contributed by atoms with E-state index in [0.717, 1.165) is 5.57 Å². The Labute approximate surface area is 124 Å². The highest BCUT2D eigenvalue weighted by atomic mass is 16.7. The van der Waals surface area contributed by atoms with Gasteiger partial charge in [-0.15, -0.1) is 0 Å². The zero-order valence-corrected chi connectivity index (χ0v) is 12.9. The van der Waals surface area contributed by atoms with Crippen LogP contribution in [0.15, 0.2) is 11.1 Å². The highest BCUT2D eigenvalue weighted by Crippen LogP contribution is 2.53. The van der Waals surface area contributed by atoms with Gasteiger partial charge in [0.05, 0.1) is 12.0 Å². The van der Waals surface area contributed by atoms with Crippen LogP contribution in [0.5, 0.6) is 0 Å². The Balaban J connectivity index is 2.16. The molecule has 3 aliphatic rings. The second-order valence-corrected chi connectivity index (χ2v) is 7.15. The van der Waals surface area contributed by atoms with Gasteiger partial charge in [0.1, 0.15) is 5.78 Å². The van der Waals surface area contributed by atoms with Crippen molar-refractivity contribution in [1.82, 2.24) is 0 Å². The molecule has 1 saturated heterocycles. The number of carbonyl (C=O) groups is 2. The molecule has 0 radical (unpaired) electrons. The third kappa shape index (κ3) is 1.98. The van der Waals surface area contributed by atoms with E-state index in [1.807, 2.05) is 20.8 Å². The molecular formula is C16H22O5. The van der Waals surface area contributed by atoms with E-state index in [1.54, 1.807) is 0 Å². The summed E-state index contributed by atoms with van der Waals surface area (Å²) < 4.78 is 10.5. The van der Waals surface area contributed by atoms with Crippen molar-refractivity contribution in [2.45, 2.75) is 46.0 Å². The third-order valence-electron chi connectivity index (χ3n) is 5.38. The Morgan fingerprint density at radius 1 is 1.33 bits per heavy atom. The van der Waals surface area contributed by atoms with Gasteiger partial charge < -0.3 is 14.6 Å². The van der Waals surface area contributed by atoms with E-state index in [1.165, 1.54) is 7.11 Å². The number of esters is 1. The molecule has 1 aliphatic heterocycles. The van der Waals surface area contributed by atoms with Crippen molar-refractivity contribution in [3.8, 4) is 0 Å². The first-order chi connectivity index (χ1) is 9.77. The van der Waals surface area contributed by atoms with Crippen LogP contribution in [-0.4, -0.2) is 36.4 Å². The first-order valence-electron chi connectivity index (χ1n) is 7.45. The quantitative estimate of drug-likeness (QED) is 0.741. The Morgan fingerprint density at radius 2 is 2.00 bits per heavy atom. The summed E-state index contributed by atoms with van der Waals surface area (Å²) >= 11 is 0. The average Bonchev–Trinajstić information content (AvgIpc) is 2.80. The third-order valence-corrected chi connectivity index (χ3v) is 5.38. The fraction of sp³-hybridized carbons (Fsp3) is 0.750. The maximum Gasteiger partial charge on any atom is 0.336 e. The zero-order chi connectivity index (χ0) is 15.5. The van der Waals surface area contributed by atoms with Crippen molar-refractivity contribution in [3.05, 3.63) is 11.1 Å². The summed E-state index contributed by atoms with van der Waals surface area (Å²) in [6.45, 7) is 5.80. The highest BCUT2D eigenvalue weighted by Gasteiger charge is 2.55.